The standard InChI is InChI=1S/C25H23F3N2O3/c1-2-3-15-33-22-10-5-4-9-21(22)24(32)29-19-13-11-17(12-14-19)23(31)30-20-8-6-7-18(16-20)25(26,27)28/h4-14,16H,2-3,15H2,1H3,(H,29,32)(H,30,31). The molecule has 0 saturated heterocycles. The molecule has 0 unspecified atom stereocenters. The fourth-order valence-electron chi connectivity index (χ4n) is 2.99. The minimum Gasteiger partial charge on any atom is -0.493 e. The highest BCUT2D eigenvalue weighted by molar-refractivity contribution is 6.07. The molecular formula is C25H23F3N2O3. The lowest BCUT2D eigenvalue weighted by molar-refractivity contribution is -0.137. The molecule has 0 bridgehead atoms. The van der Waals surface area contributed by atoms with E-state index in [9.17, 15) is 22.8 Å². The van der Waals surface area contributed by atoms with Gasteiger partial charge in [-0.05, 0) is 61.0 Å². The number of hydrogen-bond donors (Lipinski definition) is 2. The highest BCUT2D eigenvalue weighted by Crippen LogP contribution is 2.30. The Kier molecular flexibility index (Phi) is 7.71. The van der Waals surface area contributed by atoms with Crippen LogP contribution < -0.4 is 15.4 Å². The zero-order chi connectivity index (χ0) is 23.8. The molecule has 0 aliphatic heterocycles. The van der Waals surface area contributed by atoms with Gasteiger partial charge in [0.1, 0.15) is 5.75 Å². The maximum absolute atomic E-state index is 12.8. The summed E-state index contributed by atoms with van der Waals surface area (Å²) in [6, 6.07) is 17.3. The third-order valence-corrected chi connectivity index (χ3v) is 4.74. The van der Waals surface area contributed by atoms with Crippen LogP contribution >= 0.6 is 0 Å². The number of amides is 2. The Bertz CT molecular complexity index is 1110. The number of nitrogens with one attached hydrogen (secondary N) is 2. The van der Waals surface area contributed by atoms with Crippen molar-refractivity contribution >= 4 is 23.2 Å². The largest absolute Gasteiger partial charge is 0.493 e. The highest BCUT2D eigenvalue weighted by atomic mass is 19.4. The van der Waals surface area contributed by atoms with Gasteiger partial charge in [0, 0.05) is 16.9 Å². The first kappa shape index (κ1) is 23.8. The Hall–Kier alpha value is -3.81. The van der Waals surface area contributed by atoms with Crippen molar-refractivity contribution in [2.75, 3.05) is 17.2 Å². The topological polar surface area (TPSA) is 67.4 Å². The number of rotatable bonds is 8. The number of para-hydroxylation sites is 1. The third-order valence-electron chi connectivity index (χ3n) is 4.74. The fraction of sp³-hybridized carbons (Fsp3) is 0.200. The molecule has 0 aromatic heterocycles. The van der Waals surface area contributed by atoms with Crippen LogP contribution in [0.25, 0.3) is 0 Å². The summed E-state index contributed by atoms with van der Waals surface area (Å²) in [5.41, 5.74) is 0.261. The van der Waals surface area contributed by atoms with Crippen LogP contribution in [0, 0.1) is 0 Å². The van der Waals surface area contributed by atoms with E-state index in [-0.39, 0.29) is 17.2 Å². The smallest absolute Gasteiger partial charge is 0.416 e. The average Bonchev–Trinajstić information content (AvgIpc) is 2.79. The molecule has 0 aliphatic carbocycles. The average molecular weight is 456 g/mol. The maximum Gasteiger partial charge on any atom is 0.416 e. The van der Waals surface area contributed by atoms with Gasteiger partial charge in [-0.1, -0.05) is 31.5 Å². The lowest BCUT2D eigenvalue weighted by Crippen LogP contribution is -2.15. The number of halogens is 3. The molecule has 5 nitrogen and oxygen atoms in total. The summed E-state index contributed by atoms with van der Waals surface area (Å²) in [6.07, 6.45) is -2.65. The van der Waals surface area contributed by atoms with Gasteiger partial charge in [0.25, 0.3) is 11.8 Å². The summed E-state index contributed by atoms with van der Waals surface area (Å²) in [6.45, 7) is 2.56. The second kappa shape index (κ2) is 10.7. The molecule has 0 fully saturated rings. The van der Waals surface area contributed by atoms with Crippen molar-refractivity contribution in [2.45, 2.75) is 25.9 Å². The van der Waals surface area contributed by atoms with Crippen LogP contribution in [0.1, 0.15) is 46.0 Å². The molecule has 2 amide bonds. The van der Waals surface area contributed by atoms with E-state index in [1.165, 1.54) is 24.3 Å². The van der Waals surface area contributed by atoms with Crippen LogP contribution in [0.2, 0.25) is 0 Å². The van der Waals surface area contributed by atoms with Crippen molar-refractivity contribution in [2.24, 2.45) is 0 Å². The molecule has 2 N–H and O–H groups in total. The van der Waals surface area contributed by atoms with E-state index < -0.39 is 17.6 Å². The van der Waals surface area contributed by atoms with Crippen LogP contribution in [0.3, 0.4) is 0 Å². The van der Waals surface area contributed by atoms with E-state index >= 15 is 0 Å². The van der Waals surface area contributed by atoms with Gasteiger partial charge in [-0.15, -0.1) is 0 Å². The summed E-state index contributed by atoms with van der Waals surface area (Å²) in [7, 11) is 0. The van der Waals surface area contributed by atoms with E-state index in [2.05, 4.69) is 10.6 Å². The van der Waals surface area contributed by atoms with Gasteiger partial charge in [0.05, 0.1) is 17.7 Å². The van der Waals surface area contributed by atoms with Gasteiger partial charge in [0.2, 0.25) is 0 Å². The highest BCUT2D eigenvalue weighted by Gasteiger charge is 2.30. The van der Waals surface area contributed by atoms with Gasteiger partial charge < -0.3 is 15.4 Å². The summed E-state index contributed by atoms with van der Waals surface area (Å²) < 4.78 is 44.2. The molecule has 3 aromatic carbocycles. The molecule has 0 radical (unpaired) electrons. The van der Waals surface area contributed by atoms with Gasteiger partial charge in [-0.3, -0.25) is 9.59 Å². The van der Waals surface area contributed by atoms with Gasteiger partial charge in [-0.25, -0.2) is 0 Å². The first-order chi connectivity index (χ1) is 15.8. The lowest BCUT2D eigenvalue weighted by atomic mass is 10.1. The molecular weight excluding hydrogens is 433 g/mol. The predicted molar refractivity (Wildman–Crippen MR) is 121 cm³/mol. The van der Waals surface area contributed by atoms with Crippen molar-refractivity contribution in [3.63, 3.8) is 0 Å². The zero-order valence-electron chi connectivity index (χ0n) is 17.9. The van der Waals surface area contributed by atoms with Crippen LogP contribution in [-0.2, 0) is 6.18 Å². The van der Waals surface area contributed by atoms with Crippen molar-refractivity contribution in [3.05, 3.63) is 89.5 Å². The minimum absolute atomic E-state index is 0.0342. The molecule has 172 valence electrons. The molecule has 3 rings (SSSR count). The Labute approximate surface area is 189 Å². The van der Waals surface area contributed by atoms with Crippen LogP contribution in [0.15, 0.2) is 72.8 Å². The van der Waals surface area contributed by atoms with E-state index in [0.717, 1.165) is 25.0 Å². The SMILES string of the molecule is CCCCOc1ccccc1C(=O)Nc1ccc(C(=O)Nc2cccc(C(F)(F)F)c2)cc1. The summed E-state index contributed by atoms with van der Waals surface area (Å²) >= 11 is 0. The summed E-state index contributed by atoms with van der Waals surface area (Å²) in [5, 5.41) is 5.20. The molecule has 33 heavy (non-hydrogen) atoms. The number of ether oxygens (including phenoxy) is 1. The summed E-state index contributed by atoms with van der Waals surface area (Å²) in [5.74, 6) is -0.439. The normalized spacial score (nSPS) is 11.0. The van der Waals surface area contributed by atoms with Gasteiger partial charge >= 0.3 is 6.18 Å². The molecule has 0 atom stereocenters. The second-order valence-electron chi connectivity index (χ2n) is 7.26. The van der Waals surface area contributed by atoms with Crippen LogP contribution in [0.5, 0.6) is 5.75 Å². The fourth-order valence-corrected chi connectivity index (χ4v) is 2.99. The predicted octanol–water partition coefficient (Wildman–Crippen LogP) is 6.39. The van der Waals surface area contributed by atoms with Gasteiger partial charge in [0.15, 0.2) is 0 Å². The number of carbonyl (C=O) groups is 2. The molecule has 3 aromatic rings. The monoisotopic (exact) mass is 456 g/mol. The molecule has 8 heteroatoms. The number of anilines is 2. The van der Waals surface area contributed by atoms with Crippen molar-refractivity contribution < 1.29 is 27.5 Å². The van der Waals surface area contributed by atoms with Crippen LogP contribution in [-0.4, -0.2) is 18.4 Å². The number of unbranched alkanes of at least 4 members (excludes halogenated alkanes) is 1. The zero-order valence-corrected chi connectivity index (χ0v) is 17.9. The first-order valence-electron chi connectivity index (χ1n) is 10.4. The van der Waals surface area contributed by atoms with E-state index in [1.54, 1.807) is 36.4 Å². The van der Waals surface area contributed by atoms with Crippen LogP contribution in [0.4, 0.5) is 24.5 Å². The Morgan fingerprint density at radius 3 is 2.24 bits per heavy atom. The van der Waals surface area contributed by atoms with E-state index in [0.29, 0.717) is 23.6 Å². The van der Waals surface area contributed by atoms with Crippen molar-refractivity contribution in [3.8, 4) is 5.75 Å². The number of alkyl halides is 3. The maximum atomic E-state index is 12.8. The number of benzene rings is 3. The summed E-state index contributed by atoms with van der Waals surface area (Å²) in [4.78, 5) is 25.1. The third kappa shape index (κ3) is 6.58. The quantitative estimate of drug-likeness (QED) is 0.386. The molecule has 0 aliphatic rings. The van der Waals surface area contributed by atoms with Gasteiger partial charge in [-0.2, -0.15) is 13.2 Å². The van der Waals surface area contributed by atoms with Crippen molar-refractivity contribution in [1.29, 1.82) is 0 Å². The Morgan fingerprint density at radius 2 is 1.55 bits per heavy atom. The van der Waals surface area contributed by atoms with Crippen molar-refractivity contribution in [1.82, 2.24) is 0 Å². The second-order valence-corrected chi connectivity index (χ2v) is 7.26. The van der Waals surface area contributed by atoms with E-state index in [4.69, 9.17) is 4.74 Å². The molecule has 0 saturated carbocycles. The molecule has 0 spiro atoms. The Morgan fingerprint density at radius 1 is 0.848 bits per heavy atom. The van der Waals surface area contributed by atoms with E-state index in [1.807, 2.05) is 6.92 Å². The number of hydrogen-bond acceptors (Lipinski definition) is 3. The first-order valence-corrected chi connectivity index (χ1v) is 10.4. The Balaban J connectivity index is 1.65. The minimum atomic E-state index is -4.50. The lowest BCUT2D eigenvalue weighted by Gasteiger charge is -2.12. The molecule has 0 heterocycles. The number of carbonyl (C=O) groups excluding carboxylic acids is 2.